The first-order chi connectivity index (χ1) is 16.8. The minimum Gasteiger partial charge on any atom is -0.321 e. The molecule has 2 heterocycles. The van der Waals surface area contributed by atoms with Crippen molar-refractivity contribution < 1.29 is 31.5 Å². The molecule has 5 rings (SSSR count). The summed E-state index contributed by atoms with van der Waals surface area (Å²) in [6, 6.07) is 8.36. The van der Waals surface area contributed by atoms with E-state index in [-0.39, 0.29) is 29.7 Å². The maximum atomic E-state index is 14.1. The number of nitrogens with zero attached hydrogens (tertiary/aromatic N) is 4. The molecule has 1 amide bonds. The number of alkyl halides is 5. The molecule has 0 N–H and O–H groups in total. The summed E-state index contributed by atoms with van der Waals surface area (Å²) in [4.78, 5) is 26.2. The maximum Gasteiger partial charge on any atom is 0.416 e. The normalized spacial score (nSPS) is 18.2. The Morgan fingerprint density at radius 2 is 1.86 bits per heavy atom. The van der Waals surface area contributed by atoms with Crippen LogP contribution in [0.5, 0.6) is 0 Å². The fraction of sp³-hybridized carbons (Fsp3) is 0.360. The van der Waals surface area contributed by atoms with Crippen LogP contribution >= 0.6 is 0 Å². The average Bonchev–Trinajstić information content (AvgIpc) is 3.33. The highest BCUT2D eigenvalue weighted by atomic mass is 19.4. The second-order valence-corrected chi connectivity index (χ2v) is 9.57. The topological polar surface area (TPSA) is 68.1 Å². The van der Waals surface area contributed by atoms with Crippen LogP contribution in [0.15, 0.2) is 42.7 Å². The third-order valence-corrected chi connectivity index (χ3v) is 7.02. The van der Waals surface area contributed by atoms with E-state index in [1.54, 1.807) is 35.9 Å². The zero-order valence-electron chi connectivity index (χ0n) is 19.4. The van der Waals surface area contributed by atoms with Gasteiger partial charge in [-0.1, -0.05) is 12.1 Å². The number of ketones is 1. The monoisotopic (exact) mass is 504 g/mol. The van der Waals surface area contributed by atoms with Crippen LogP contribution in [0.3, 0.4) is 0 Å². The van der Waals surface area contributed by atoms with E-state index in [2.05, 4.69) is 10.2 Å². The fourth-order valence-electron chi connectivity index (χ4n) is 5.22. The van der Waals surface area contributed by atoms with E-state index < -0.39 is 47.6 Å². The molecule has 2 aromatic carbocycles. The molecule has 6 nitrogen and oxygen atoms in total. The lowest BCUT2D eigenvalue weighted by Crippen LogP contribution is -2.51. The lowest BCUT2D eigenvalue weighted by Gasteiger charge is -2.48. The molecular formula is C25H21F5N4O2. The minimum atomic E-state index is -4.76. The van der Waals surface area contributed by atoms with Crippen molar-refractivity contribution in [2.24, 2.45) is 7.05 Å². The van der Waals surface area contributed by atoms with Gasteiger partial charge in [0.2, 0.25) is 5.92 Å². The predicted molar refractivity (Wildman–Crippen MR) is 119 cm³/mol. The maximum absolute atomic E-state index is 14.1. The highest BCUT2D eigenvalue weighted by molar-refractivity contribution is 6.11. The van der Waals surface area contributed by atoms with Gasteiger partial charge in [0.25, 0.3) is 5.91 Å². The number of carbonyl (C=O) groups is 2. The van der Waals surface area contributed by atoms with Crippen molar-refractivity contribution in [1.82, 2.24) is 14.8 Å². The van der Waals surface area contributed by atoms with Crippen LogP contribution in [0.2, 0.25) is 0 Å². The van der Waals surface area contributed by atoms with Gasteiger partial charge < -0.3 is 9.47 Å². The van der Waals surface area contributed by atoms with Gasteiger partial charge in [0.1, 0.15) is 12.2 Å². The van der Waals surface area contributed by atoms with Gasteiger partial charge in [-0.2, -0.15) is 13.2 Å². The smallest absolute Gasteiger partial charge is 0.321 e. The van der Waals surface area contributed by atoms with E-state index >= 15 is 0 Å². The first-order valence-corrected chi connectivity index (χ1v) is 11.2. The second kappa shape index (κ2) is 7.94. The van der Waals surface area contributed by atoms with Crippen LogP contribution in [0.1, 0.15) is 63.0 Å². The number of aryl methyl sites for hydroxylation is 1. The molecule has 0 unspecified atom stereocenters. The van der Waals surface area contributed by atoms with Crippen LogP contribution in [0, 0.1) is 0 Å². The predicted octanol–water partition coefficient (Wildman–Crippen LogP) is 5.11. The highest BCUT2D eigenvalue weighted by Crippen LogP contribution is 2.55. The molecule has 11 heteroatoms. The van der Waals surface area contributed by atoms with Crippen molar-refractivity contribution in [3.05, 3.63) is 76.4 Å². The Kier molecular flexibility index (Phi) is 5.31. The van der Waals surface area contributed by atoms with Crippen molar-refractivity contribution in [3.63, 3.8) is 0 Å². The second-order valence-electron chi connectivity index (χ2n) is 9.57. The number of anilines is 1. The number of carbonyl (C=O) groups excluding carboxylic acids is 2. The number of halogens is 5. The molecule has 0 radical (unpaired) electrons. The van der Waals surface area contributed by atoms with E-state index in [0.717, 1.165) is 13.0 Å². The molecule has 0 spiro atoms. The summed E-state index contributed by atoms with van der Waals surface area (Å²) in [5.41, 5.74) is -1.78. The van der Waals surface area contributed by atoms with Gasteiger partial charge in [-0.15, -0.1) is 10.2 Å². The number of aromatic nitrogens is 3. The van der Waals surface area contributed by atoms with Gasteiger partial charge in [0.05, 0.1) is 12.1 Å². The van der Waals surface area contributed by atoms with E-state index in [0.29, 0.717) is 17.1 Å². The van der Waals surface area contributed by atoms with Crippen molar-refractivity contribution >= 4 is 17.4 Å². The summed E-state index contributed by atoms with van der Waals surface area (Å²) in [6.45, 7) is 0.782. The largest absolute Gasteiger partial charge is 0.416 e. The molecule has 1 aliphatic carbocycles. The molecule has 0 saturated heterocycles. The number of amides is 1. The molecular weight excluding hydrogens is 483 g/mol. The molecule has 2 aliphatic rings. The summed E-state index contributed by atoms with van der Waals surface area (Å²) in [5, 5.41) is 7.83. The number of hydrogen-bond acceptors (Lipinski definition) is 4. The van der Waals surface area contributed by atoms with Crippen LogP contribution in [0.4, 0.5) is 27.6 Å². The number of hydrogen-bond donors (Lipinski definition) is 0. The van der Waals surface area contributed by atoms with E-state index in [4.69, 9.17) is 0 Å². The summed E-state index contributed by atoms with van der Waals surface area (Å²) < 4.78 is 71.2. The van der Waals surface area contributed by atoms with E-state index in [9.17, 15) is 31.5 Å². The zero-order chi connectivity index (χ0) is 26.0. The number of benzene rings is 2. The average molecular weight is 504 g/mol. The van der Waals surface area contributed by atoms with Crippen molar-refractivity contribution in [1.29, 1.82) is 0 Å². The van der Waals surface area contributed by atoms with Crippen LogP contribution in [-0.2, 0) is 31.6 Å². The van der Waals surface area contributed by atoms with Gasteiger partial charge in [-0.25, -0.2) is 8.78 Å². The standard InChI is InChI=1S/C25H21F5N4O2/c1-14(35)15-6-18-19(20(7-15)25(28,29)30)10-34(22(18)36)17-5-3-4-16(8-17)23(11-24(26,27)12-23)9-21-32-31-13-33(21)2/h3-8,13H,9-12H2,1-2H3. The summed E-state index contributed by atoms with van der Waals surface area (Å²) >= 11 is 0. The van der Waals surface area contributed by atoms with Gasteiger partial charge in [-0.05, 0) is 42.3 Å². The van der Waals surface area contributed by atoms with Gasteiger partial charge in [0, 0.05) is 48.5 Å². The molecule has 1 aromatic heterocycles. The molecule has 36 heavy (non-hydrogen) atoms. The Labute approximate surface area is 202 Å². The molecule has 188 valence electrons. The number of Topliss-reactive ketones (excluding diaryl/α,β-unsaturated/α-hetero) is 1. The number of fused-ring (bicyclic) bond motifs is 1. The quantitative estimate of drug-likeness (QED) is 0.358. The Balaban J connectivity index is 1.53. The summed E-state index contributed by atoms with van der Waals surface area (Å²) in [6.07, 6.45) is -3.94. The summed E-state index contributed by atoms with van der Waals surface area (Å²) in [5.74, 6) is -3.61. The summed E-state index contributed by atoms with van der Waals surface area (Å²) in [7, 11) is 1.71. The van der Waals surface area contributed by atoms with Crippen molar-refractivity contribution in [3.8, 4) is 0 Å². The van der Waals surface area contributed by atoms with E-state index in [1.807, 2.05) is 0 Å². The third-order valence-electron chi connectivity index (χ3n) is 7.02. The molecule has 1 saturated carbocycles. The Morgan fingerprint density at radius 3 is 2.44 bits per heavy atom. The molecule has 3 aromatic rings. The SMILES string of the molecule is CC(=O)c1cc2c(c(C(F)(F)F)c1)CN(c1cccc(C3(Cc4nncn4C)CC(F)(F)C3)c1)C2=O. The lowest BCUT2D eigenvalue weighted by atomic mass is 9.60. The third kappa shape index (κ3) is 3.96. The Hall–Kier alpha value is -3.63. The molecule has 0 bridgehead atoms. The first kappa shape index (κ1) is 24.1. The minimum absolute atomic E-state index is 0.190. The zero-order valence-corrected chi connectivity index (χ0v) is 19.4. The lowest BCUT2D eigenvalue weighted by molar-refractivity contribution is -0.138. The first-order valence-electron chi connectivity index (χ1n) is 11.2. The Morgan fingerprint density at radius 1 is 1.14 bits per heavy atom. The van der Waals surface area contributed by atoms with Crippen LogP contribution in [0.25, 0.3) is 0 Å². The Bertz CT molecular complexity index is 1390. The fourth-order valence-corrected chi connectivity index (χ4v) is 5.22. The molecule has 1 fully saturated rings. The number of rotatable bonds is 5. The van der Waals surface area contributed by atoms with Crippen molar-refractivity contribution in [2.75, 3.05) is 4.90 Å². The molecule has 0 atom stereocenters. The molecule has 1 aliphatic heterocycles. The van der Waals surface area contributed by atoms with Crippen molar-refractivity contribution in [2.45, 2.75) is 50.2 Å². The van der Waals surface area contributed by atoms with Crippen LogP contribution in [-0.4, -0.2) is 32.4 Å². The highest BCUT2D eigenvalue weighted by Gasteiger charge is 2.57. The van der Waals surface area contributed by atoms with Gasteiger partial charge in [-0.3, -0.25) is 9.59 Å². The van der Waals surface area contributed by atoms with Gasteiger partial charge in [0.15, 0.2) is 5.78 Å². The van der Waals surface area contributed by atoms with Gasteiger partial charge >= 0.3 is 6.18 Å². The van der Waals surface area contributed by atoms with E-state index in [1.165, 1.54) is 17.3 Å². The van der Waals surface area contributed by atoms with Crippen LogP contribution < -0.4 is 4.90 Å².